The Hall–Kier alpha value is -0.450. The van der Waals surface area contributed by atoms with E-state index in [1.807, 2.05) is 6.20 Å². The van der Waals surface area contributed by atoms with Crippen molar-refractivity contribution in [1.82, 2.24) is 9.69 Å². The fourth-order valence-electron chi connectivity index (χ4n) is 4.03. The number of aromatic nitrogens is 1. The van der Waals surface area contributed by atoms with E-state index in [0.29, 0.717) is 17.4 Å². The number of ether oxygens (including phenoxy) is 1. The lowest BCUT2D eigenvalue weighted by atomic mass is 9.80. The average Bonchev–Trinajstić information content (AvgIpc) is 2.87. The van der Waals surface area contributed by atoms with Gasteiger partial charge in [0.1, 0.15) is 0 Å². The average molecular weight is 266 g/mol. The Balaban J connectivity index is 1.97. The first-order valence-corrected chi connectivity index (χ1v) is 7.64. The quantitative estimate of drug-likeness (QED) is 0.848. The highest BCUT2D eigenvalue weighted by Crippen LogP contribution is 2.55. The zero-order chi connectivity index (χ0) is 12.8. The zero-order valence-electron chi connectivity index (χ0n) is 11.4. The Bertz CT molecular complexity index is 417. The number of hydrogen-bond donors (Lipinski definition) is 1. The number of nitrogens with one attached hydrogen (secondary N) is 1. The highest BCUT2D eigenvalue weighted by atomic mass is 32.1. The van der Waals surface area contributed by atoms with E-state index in [2.05, 4.69) is 35.8 Å². The van der Waals surface area contributed by atoms with Gasteiger partial charge in [0.2, 0.25) is 0 Å². The van der Waals surface area contributed by atoms with E-state index in [4.69, 9.17) is 4.74 Å². The molecular weight excluding hydrogens is 244 g/mol. The molecule has 1 saturated heterocycles. The van der Waals surface area contributed by atoms with Gasteiger partial charge in [-0.15, -0.1) is 0 Å². The van der Waals surface area contributed by atoms with Crippen molar-refractivity contribution in [1.29, 1.82) is 0 Å². The van der Waals surface area contributed by atoms with Gasteiger partial charge in [-0.1, -0.05) is 20.8 Å². The van der Waals surface area contributed by atoms with Crippen molar-refractivity contribution >= 4 is 11.5 Å². The molecule has 0 amide bonds. The van der Waals surface area contributed by atoms with Gasteiger partial charge in [0.15, 0.2) is 0 Å². The SMILES string of the molecule is CC1CC(C)(C)CC12OCCNC2c1cnsc1. The summed E-state index contributed by atoms with van der Waals surface area (Å²) in [6.07, 6.45) is 4.37. The van der Waals surface area contributed by atoms with Crippen molar-refractivity contribution in [3.05, 3.63) is 17.1 Å². The van der Waals surface area contributed by atoms with Crippen molar-refractivity contribution < 1.29 is 4.74 Å². The van der Waals surface area contributed by atoms with Gasteiger partial charge in [-0.05, 0) is 35.7 Å². The van der Waals surface area contributed by atoms with Gasteiger partial charge in [0, 0.05) is 23.7 Å². The molecule has 0 radical (unpaired) electrons. The zero-order valence-corrected chi connectivity index (χ0v) is 12.2. The Morgan fingerprint density at radius 3 is 2.94 bits per heavy atom. The van der Waals surface area contributed by atoms with Gasteiger partial charge in [-0.25, -0.2) is 4.37 Å². The van der Waals surface area contributed by atoms with Crippen LogP contribution in [0, 0.1) is 11.3 Å². The minimum Gasteiger partial charge on any atom is -0.371 e. The van der Waals surface area contributed by atoms with E-state index in [1.165, 1.54) is 23.5 Å². The molecule has 1 aromatic heterocycles. The van der Waals surface area contributed by atoms with Crippen molar-refractivity contribution in [2.75, 3.05) is 13.2 Å². The van der Waals surface area contributed by atoms with Crippen molar-refractivity contribution in [2.24, 2.45) is 11.3 Å². The van der Waals surface area contributed by atoms with Gasteiger partial charge < -0.3 is 10.1 Å². The second-order valence-electron chi connectivity index (χ2n) is 6.59. The lowest BCUT2D eigenvalue weighted by Gasteiger charge is -2.45. The standard InChI is InChI=1S/C14H22N2OS/c1-10-6-13(2,3)9-14(10)12(15-4-5-17-14)11-7-16-18-8-11/h7-8,10,12,15H,4-6,9H2,1-3H3. The lowest BCUT2D eigenvalue weighted by Crippen LogP contribution is -2.54. The van der Waals surface area contributed by atoms with Crippen LogP contribution in [0.3, 0.4) is 0 Å². The molecule has 3 atom stereocenters. The molecule has 2 heterocycles. The summed E-state index contributed by atoms with van der Waals surface area (Å²) in [6.45, 7) is 8.83. The van der Waals surface area contributed by atoms with Gasteiger partial charge in [0.25, 0.3) is 0 Å². The maximum Gasteiger partial charge on any atom is 0.0908 e. The molecule has 1 aromatic rings. The van der Waals surface area contributed by atoms with E-state index < -0.39 is 0 Å². The predicted molar refractivity (Wildman–Crippen MR) is 73.7 cm³/mol. The molecule has 3 unspecified atom stereocenters. The Labute approximate surface area is 113 Å². The molecule has 18 heavy (non-hydrogen) atoms. The van der Waals surface area contributed by atoms with Crippen LogP contribution in [0.15, 0.2) is 11.6 Å². The maximum atomic E-state index is 6.33. The molecule has 100 valence electrons. The molecule has 1 aliphatic heterocycles. The van der Waals surface area contributed by atoms with E-state index in [1.54, 1.807) is 0 Å². The topological polar surface area (TPSA) is 34.1 Å². The number of morpholine rings is 1. The third-order valence-corrected chi connectivity index (χ3v) is 5.15. The fourth-order valence-corrected chi connectivity index (χ4v) is 4.59. The van der Waals surface area contributed by atoms with Crippen molar-refractivity contribution in [3.8, 4) is 0 Å². The van der Waals surface area contributed by atoms with Crippen LogP contribution in [0.5, 0.6) is 0 Å². The normalized spacial score (nSPS) is 39.3. The first kappa shape index (κ1) is 12.6. The third kappa shape index (κ3) is 1.91. The summed E-state index contributed by atoms with van der Waals surface area (Å²) >= 11 is 1.53. The second-order valence-corrected chi connectivity index (χ2v) is 7.25. The van der Waals surface area contributed by atoms with Crippen LogP contribution in [-0.2, 0) is 4.74 Å². The summed E-state index contributed by atoms with van der Waals surface area (Å²) in [7, 11) is 0. The van der Waals surface area contributed by atoms with Crippen molar-refractivity contribution in [2.45, 2.75) is 45.3 Å². The van der Waals surface area contributed by atoms with Gasteiger partial charge in [0.05, 0.1) is 18.2 Å². The maximum absolute atomic E-state index is 6.33. The molecule has 1 aliphatic carbocycles. The minimum absolute atomic E-state index is 0.0372. The molecule has 0 aromatic carbocycles. The number of hydrogen-bond acceptors (Lipinski definition) is 4. The largest absolute Gasteiger partial charge is 0.371 e. The second kappa shape index (κ2) is 4.29. The molecule has 2 fully saturated rings. The van der Waals surface area contributed by atoms with Gasteiger partial charge in [-0.3, -0.25) is 0 Å². The molecular formula is C14H22N2OS. The summed E-state index contributed by atoms with van der Waals surface area (Å²) in [5.41, 5.74) is 1.63. The summed E-state index contributed by atoms with van der Waals surface area (Å²) < 4.78 is 10.6. The molecule has 2 aliphatic rings. The molecule has 4 heteroatoms. The fraction of sp³-hybridized carbons (Fsp3) is 0.786. The highest BCUT2D eigenvalue weighted by Gasteiger charge is 2.55. The summed E-state index contributed by atoms with van der Waals surface area (Å²) in [5, 5.41) is 5.82. The monoisotopic (exact) mass is 266 g/mol. The predicted octanol–water partition coefficient (Wildman–Crippen LogP) is 3.00. The van der Waals surface area contributed by atoms with Crippen LogP contribution in [0.25, 0.3) is 0 Å². The molecule has 3 rings (SSSR count). The summed E-state index contributed by atoms with van der Waals surface area (Å²) in [4.78, 5) is 0. The van der Waals surface area contributed by atoms with Crippen LogP contribution in [0.1, 0.15) is 45.2 Å². The van der Waals surface area contributed by atoms with E-state index in [9.17, 15) is 0 Å². The van der Waals surface area contributed by atoms with Crippen LogP contribution in [0.2, 0.25) is 0 Å². The lowest BCUT2D eigenvalue weighted by molar-refractivity contribution is -0.121. The Kier molecular flexibility index (Phi) is 3.00. The first-order chi connectivity index (χ1) is 8.54. The van der Waals surface area contributed by atoms with Crippen LogP contribution >= 0.6 is 11.5 Å². The molecule has 1 N–H and O–H groups in total. The highest BCUT2D eigenvalue weighted by molar-refractivity contribution is 7.03. The molecule has 1 spiro atoms. The van der Waals surface area contributed by atoms with Crippen molar-refractivity contribution in [3.63, 3.8) is 0 Å². The number of nitrogens with zero attached hydrogens (tertiary/aromatic N) is 1. The molecule has 1 saturated carbocycles. The first-order valence-electron chi connectivity index (χ1n) is 6.80. The summed E-state index contributed by atoms with van der Waals surface area (Å²) in [6, 6.07) is 0.307. The number of rotatable bonds is 1. The summed E-state index contributed by atoms with van der Waals surface area (Å²) in [5.74, 6) is 0.588. The Morgan fingerprint density at radius 1 is 1.50 bits per heavy atom. The molecule has 0 bridgehead atoms. The van der Waals surface area contributed by atoms with Gasteiger partial charge in [-0.2, -0.15) is 0 Å². The molecule has 3 nitrogen and oxygen atoms in total. The minimum atomic E-state index is -0.0372. The van der Waals surface area contributed by atoms with Crippen LogP contribution in [-0.4, -0.2) is 23.1 Å². The van der Waals surface area contributed by atoms with E-state index in [0.717, 1.165) is 19.6 Å². The smallest absolute Gasteiger partial charge is 0.0908 e. The van der Waals surface area contributed by atoms with E-state index >= 15 is 0 Å². The van der Waals surface area contributed by atoms with Crippen LogP contribution < -0.4 is 5.32 Å². The third-order valence-electron chi connectivity index (χ3n) is 4.54. The Morgan fingerprint density at radius 2 is 2.33 bits per heavy atom. The van der Waals surface area contributed by atoms with Gasteiger partial charge >= 0.3 is 0 Å². The van der Waals surface area contributed by atoms with Crippen LogP contribution in [0.4, 0.5) is 0 Å². The van der Waals surface area contributed by atoms with E-state index in [-0.39, 0.29) is 5.60 Å².